The van der Waals surface area contributed by atoms with E-state index in [1.54, 1.807) is 24.4 Å². The lowest BCUT2D eigenvalue weighted by Gasteiger charge is -2.17. The summed E-state index contributed by atoms with van der Waals surface area (Å²) in [6.45, 7) is 8.79. The smallest absolute Gasteiger partial charge is 0.137 e. The van der Waals surface area contributed by atoms with E-state index in [4.69, 9.17) is 4.74 Å². The lowest BCUT2D eigenvalue weighted by Crippen LogP contribution is -2.18. The highest BCUT2D eigenvalue weighted by molar-refractivity contribution is 5.37. The minimum atomic E-state index is 0.0551. The van der Waals surface area contributed by atoms with Crippen LogP contribution in [0.4, 0.5) is 0 Å². The molecule has 0 fully saturated rings. The molecule has 0 bridgehead atoms. The molecule has 2 heterocycles. The largest absolute Gasteiger partial charge is 0.496 e. The summed E-state index contributed by atoms with van der Waals surface area (Å²) in [5.74, 6) is 0.861. The fourth-order valence-electron chi connectivity index (χ4n) is 3.03. The van der Waals surface area contributed by atoms with Gasteiger partial charge < -0.3 is 4.74 Å². The highest BCUT2D eigenvalue weighted by Crippen LogP contribution is 2.23. The Morgan fingerprint density at radius 2 is 2.00 bits per heavy atom. The Kier molecular flexibility index (Phi) is 5.60. The molecule has 0 radical (unpaired) electrons. The molecule has 144 valence electrons. The van der Waals surface area contributed by atoms with Crippen molar-refractivity contribution in [1.82, 2.24) is 29.9 Å². The third-order valence-electron chi connectivity index (χ3n) is 4.44. The van der Waals surface area contributed by atoms with Gasteiger partial charge in [-0.1, -0.05) is 26.8 Å². The molecule has 0 aliphatic carbocycles. The fourth-order valence-corrected chi connectivity index (χ4v) is 3.03. The molecule has 0 aliphatic heterocycles. The molecule has 0 aliphatic rings. The monoisotopic (exact) mass is 368 g/mol. The Balaban J connectivity index is 1.68. The van der Waals surface area contributed by atoms with Crippen molar-refractivity contribution in [3.8, 4) is 5.75 Å². The van der Waals surface area contributed by atoms with Gasteiger partial charge in [-0.15, -0.1) is 0 Å². The Labute approximate surface area is 160 Å². The number of aromatic nitrogens is 5. The predicted molar refractivity (Wildman–Crippen MR) is 105 cm³/mol. The second-order valence-electron chi connectivity index (χ2n) is 7.94. The van der Waals surface area contributed by atoms with Crippen LogP contribution in [-0.2, 0) is 25.0 Å². The Bertz CT molecular complexity index is 863. The van der Waals surface area contributed by atoms with E-state index in [1.807, 2.05) is 6.07 Å². The van der Waals surface area contributed by atoms with Crippen molar-refractivity contribution in [1.29, 1.82) is 0 Å². The van der Waals surface area contributed by atoms with E-state index in [9.17, 15) is 0 Å². The van der Waals surface area contributed by atoms with Gasteiger partial charge in [0.05, 0.1) is 19.3 Å². The molecule has 7 nitrogen and oxygen atoms in total. The van der Waals surface area contributed by atoms with Crippen LogP contribution in [0.25, 0.3) is 0 Å². The number of rotatable bonds is 7. The van der Waals surface area contributed by atoms with Crippen LogP contribution >= 0.6 is 0 Å². The van der Waals surface area contributed by atoms with Crippen LogP contribution in [0, 0.1) is 0 Å². The molecule has 7 heteroatoms. The van der Waals surface area contributed by atoms with Gasteiger partial charge >= 0.3 is 0 Å². The molecule has 1 N–H and O–H groups in total. The zero-order valence-corrected chi connectivity index (χ0v) is 16.7. The van der Waals surface area contributed by atoms with Crippen molar-refractivity contribution >= 4 is 0 Å². The van der Waals surface area contributed by atoms with Crippen LogP contribution in [-0.4, -0.2) is 44.0 Å². The van der Waals surface area contributed by atoms with Gasteiger partial charge in [-0.25, -0.2) is 9.67 Å². The van der Waals surface area contributed by atoms with Crippen molar-refractivity contribution in [2.75, 3.05) is 14.2 Å². The summed E-state index contributed by atoms with van der Waals surface area (Å²) >= 11 is 0. The molecule has 0 amide bonds. The SMILES string of the molecule is COc1ccc(CN(C)Cc2cc(C(C)(C)C)n[nH]2)cc1Cn1cncn1. The van der Waals surface area contributed by atoms with Crippen LogP contribution in [0.1, 0.15) is 43.3 Å². The molecule has 1 aromatic carbocycles. The summed E-state index contributed by atoms with van der Waals surface area (Å²) in [6, 6.07) is 8.45. The van der Waals surface area contributed by atoms with E-state index >= 15 is 0 Å². The van der Waals surface area contributed by atoms with Gasteiger partial charge in [0.1, 0.15) is 18.4 Å². The first-order chi connectivity index (χ1) is 12.8. The van der Waals surface area contributed by atoms with Crippen molar-refractivity contribution in [2.45, 2.75) is 45.8 Å². The molecule has 3 aromatic rings. The van der Waals surface area contributed by atoms with Crippen LogP contribution < -0.4 is 4.74 Å². The first kappa shape index (κ1) is 19.1. The van der Waals surface area contributed by atoms with Gasteiger partial charge in [0, 0.05) is 29.8 Å². The molecule has 0 saturated heterocycles. The first-order valence-electron chi connectivity index (χ1n) is 9.06. The Morgan fingerprint density at radius 3 is 2.63 bits per heavy atom. The maximum Gasteiger partial charge on any atom is 0.137 e. The third-order valence-corrected chi connectivity index (χ3v) is 4.44. The normalized spacial score (nSPS) is 11.9. The maximum atomic E-state index is 5.50. The summed E-state index contributed by atoms with van der Waals surface area (Å²) in [7, 11) is 3.80. The zero-order valence-electron chi connectivity index (χ0n) is 16.7. The summed E-state index contributed by atoms with van der Waals surface area (Å²) in [5, 5.41) is 11.8. The van der Waals surface area contributed by atoms with Crippen molar-refractivity contribution < 1.29 is 4.74 Å². The van der Waals surface area contributed by atoms with E-state index in [0.29, 0.717) is 6.54 Å². The standard InChI is InChI=1S/C20H28N6O/c1-20(2,3)19-9-17(23-24-19)12-25(4)10-15-6-7-18(27-5)16(8-15)11-26-14-21-13-22-26/h6-9,13-14H,10-12H2,1-5H3,(H,23,24). The lowest BCUT2D eigenvalue weighted by atomic mass is 9.92. The van der Waals surface area contributed by atoms with Crippen LogP contribution in [0.3, 0.4) is 0 Å². The molecular formula is C20H28N6O. The number of H-pyrrole nitrogens is 1. The van der Waals surface area contributed by atoms with E-state index in [2.05, 4.69) is 71.2 Å². The molecule has 0 unspecified atom stereocenters. The van der Waals surface area contributed by atoms with Crippen molar-refractivity contribution in [3.63, 3.8) is 0 Å². The summed E-state index contributed by atoms with van der Waals surface area (Å²) in [5.41, 5.74) is 4.58. The average molecular weight is 368 g/mol. The molecule has 27 heavy (non-hydrogen) atoms. The van der Waals surface area contributed by atoms with Crippen LogP contribution in [0.15, 0.2) is 36.9 Å². The van der Waals surface area contributed by atoms with Gasteiger partial charge in [-0.3, -0.25) is 10.00 Å². The first-order valence-corrected chi connectivity index (χ1v) is 9.06. The van der Waals surface area contributed by atoms with Gasteiger partial charge in [0.2, 0.25) is 0 Å². The van der Waals surface area contributed by atoms with E-state index in [-0.39, 0.29) is 5.41 Å². The quantitative estimate of drug-likeness (QED) is 0.694. The minimum absolute atomic E-state index is 0.0551. The highest BCUT2D eigenvalue weighted by Gasteiger charge is 2.17. The van der Waals surface area contributed by atoms with Crippen LogP contribution in [0.2, 0.25) is 0 Å². The lowest BCUT2D eigenvalue weighted by molar-refractivity contribution is 0.314. The van der Waals surface area contributed by atoms with Crippen molar-refractivity contribution in [3.05, 3.63) is 59.4 Å². The Hall–Kier alpha value is -2.67. The maximum absolute atomic E-state index is 5.50. The molecular weight excluding hydrogens is 340 g/mol. The zero-order chi connectivity index (χ0) is 19.4. The summed E-state index contributed by atoms with van der Waals surface area (Å²) < 4.78 is 7.29. The molecule has 3 rings (SSSR count). The highest BCUT2D eigenvalue weighted by atomic mass is 16.5. The number of hydrogen-bond donors (Lipinski definition) is 1. The van der Waals surface area contributed by atoms with E-state index in [1.165, 1.54) is 5.56 Å². The van der Waals surface area contributed by atoms with Gasteiger partial charge in [-0.2, -0.15) is 10.2 Å². The number of aromatic amines is 1. The second-order valence-corrected chi connectivity index (χ2v) is 7.94. The van der Waals surface area contributed by atoms with E-state index in [0.717, 1.165) is 35.8 Å². The van der Waals surface area contributed by atoms with Crippen LogP contribution in [0.5, 0.6) is 5.75 Å². The second kappa shape index (κ2) is 7.92. The number of nitrogens with one attached hydrogen (secondary N) is 1. The number of benzene rings is 1. The number of hydrogen-bond acceptors (Lipinski definition) is 5. The van der Waals surface area contributed by atoms with Gasteiger partial charge in [0.25, 0.3) is 0 Å². The number of nitrogens with zero attached hydrogens (tertiary/aromatic N) is 5. The van der Waals surface area contributed by atoms with Gasteiger partial charge in [-0.05, 0) is 30.8 Å². The fraction of sp³-hybridized carbons (Fsp3) is 0.450. The number of ether oxygens (including phenoxy) is 1. The predicted octanol–water partition coefficient (Wildman–Crippen LogP) is 2.99. The van der Waals surface area contributed by atoms with E-state index < -0.39 is 0 Å². The summed E-state index contributed by atoms with van der Waals surface area (Å²) in [4.78, 5) is 6.27. The summed E-state index contributed by atoms with van der Waals surface area (Å²) in [6.07, 6.45) is 3.25. The van der Waals surface area contributed by atoms with Gasteiger partial charge in [0.15, 0.2) is 0 Å². The minimum Gasteiger partial charge on any atom is -0.496 e. The molecule has 2 aromatic heterocycles. The average Bonchev–Trinajstić information content (AvgIpc) is 3.26. The number of methoxy groups -OCH3 is 1. The molecule has 0 saturated carbocycles. The topological polar surface area (TPSA) is 71.9 Å². The third kappa shape index (κ3) is 4.95. The Morgan fingerprint density at radius 1 is 1.19 bits per heavy atom. The molecule has 0 atom stereocenters. The molecule has 0 spiro atoms. The van der Waals surface area contributed by atoms with Crippen molar-refractivity contribution in [2.24, 2.45) is 0 Å².